The average molecular weight is 258 g/mol. The smallest absolute Gasteiger partial charge is 0.348 e. The Morgan fingerprint density at radius 2 is 1.94 bits per heavy atom. The highest BCUT2D eigenvalue weighted by Crippen LogP contribution is 2.23. The number of rotatable bonds is 5. The number of thiophene rings is 1. The van der Waals surface area contributed by atoms with Crippen LogP contribution in [0.25, 0.3) is 0 Å². The molecule has 0 radical (unpaired) electrons. The van der Waals surface area contributed by atoms with E-state index in [9.17, 15) is 9.59 Å². The van der Waals surface area contributed by atoms with Crippen LogP contribution >= 0.6 is 11.3 Å². The lowest BCUT2D eigenvalue weighted by molar-refractivity contribution is 0.0393. The minimum atomic E-state index is -0.449. The van der Waals surface area contributed by atoms with E-state index in [2.05, 4.69) is 4.74 Å². The van der Waals surface area contributed by atoms with E-state index >= 15 is 0 Å². The summed E-state index contributed by atoms with van der Waals surface area (Å²) in [5, 5.41) is 1.59. The molecule has 0 N–H and O–H groups in total. The van der Waals surface area contributed by atoms with Gasteiger partial charge in [0.15, 0.2) is 0 Å². The van der Waals surface area contributed by atoms with Crippen molar-refractivity contribution in [3.05, 3.63) is 21.4 Å². The molecule has 1 aromatic heterocycles. The second-order valence-electron chi connectivity index (χ2n) is 3.22. The molecule has 1 heterocycles. The van der Waals surface area contributed by atoms with Crippen LogP contribution in [0.5, 0.6) is 0 Å². The van der Waals surface area contributed by atoms with Crippen molar-refractivity contribution >= 4 is 23.3 Å². The molecule has 0 fully saturated rings. The number of hydrogen-bond donors (Lipinski definition) is 0. The summed E-state index contributed by atoms with van der Waals surface area (Å²) in [5.74, 6) is -0.894. The third-order valence-electron chi connectivity index (χ3n) is 2.15. The number of carbonyl (C=O) groups is 2. The largest absolute Gasteiger partial charge is 0.465 e. The highest BCUT2D eigenvalue weighted by atomic mass is 32.1. The van der Waals surface area contributed by atoms with Crippen molar-refractivity contribution in [1.82, 2.24) is 0 Å². The minimum absolute atomic E-state index is 0.195. The zero-order chi connectivity index (χ0) is 12.8. The zero-order valence-electron chi connectivity index (χ0n) is 9.94. The Kier molecular flexibility index (Phi) is 5.11. The van der Waals surface area contributed by atoms with Gasteiger partial charge in [0, 0.05) is 12.5 Å². The van der Waals surface area contributed by atoms with Gasteiger partial charge in [-0.25, -0.2) is 9.59 Å². The highest BCUT2D eigenvalue weighted by Gasteiger charge is 2.20. The molecule has 94 valence electrons. The fourth-order valence-electron chi connectivity index (χ4n) is 1.21. The molecule has 0 saturated heterocycles. The quantitative estimate of drug-likeness (QED) is 0.593. The van der Waals surface area contributed by atoms with E-state index in [0.29, 0.717) is 22.6 Å². The van der Waals surface area contributed by atoms with E-state index in [1.807, 2.05) is 0 Å². The van der Waals surface area contributed by atoms with Crippen molar-refractivity contribution in [3.63, 3.8) is 0 Å². The Bertz CT molecular complexity index is 410. The molecule has 0 saturated carbocycles. The van der Waals surface area contributed by atoms with Gasteiger partial charge in [0.1, 0.15) is 11.5 Å². The maximum Gasteiger partial charge on any atom is 0.348 e. The first-order valence-corrected chi connectivity index (χ1v) is 5.82. The van der Waals surface area contributed by atoms with E-state index in [1.165, 1.54) is 25.6 Å². The summed E-state index contributed by atoms with van der Waals surface area (Å²) in [7, 11) is 2.83. The summed E-state index contributed by atoms with van der Waals surface area (Å²) in [6, 6.07) is 0. The van der Waals surface area contributed by atoms with Gasteiger partial charge in [0.05, 0.1) is 19.3 Å². The molecular formula is C11H14O5S. The van der Waals surface area contributed by atoms with Crippen LogP contribution in [0, 0.1) is 6.92 Å². The van der Waals surface area contributed by atoms with E-state index in [4.69, 9.17) is 9.47 Å². The second kappa shape index (κ2) is 6.36. The van der Waals surface area contributed by atoms with Gasteiger partial charge in [-0.05, 0) is 12.5 Å². The number of carbonyl (C=O) groups excluding carboxylic acids is 2. The van der Waals surface area contributed by atoms with Crippen LogP contribution in [0.3, 0.4) is 0 Å². The topological polar surface area (TPSA) is 61.8 Å². The molecule has 0 amide bonds. The Morgan fingerprint density at radius 1 is 1.24 bits per heavy atom. The van der Waals surface area contributed by atoms with Crippen molar-refractivity contribution in [2.24, 2.45) is 0 Å². The zero-order valence-corrected chi connectivity index (χ0v) is 10.8. The molecule has 0 aromatic carbocycles. The van der Waals surface area contributed by atoms with Gasteiger partial charge in [0.2, 0.25) is 0 Å². The summed E-state index contributed by atoms with van der Waals surface area (Å²) >= 11 is 1.17. The summed E-state index contributed by atoms with van der Waals surface area (Å²) in [5.41, 5.74) is 0.987. The Morgan fingerprint density at radius 3 is 2.53 bits per heavy atom. The van der Waals surface area contributed by atoms with Crippen molar-refractivity contribution in [1.29, 1.82) is 0 Å². The van der Waals surface area contributed by atoms with Gasteiger partial charge in [0.25, 0.3) is 0 Å². The monoisotopic (exact) mass is 258 g/mol. The van der Waals surface area contributed by atoms with E-state index in [-0.39, 0.29) is 6.61 Å². The molecule has 0 aliphatic heterocycles. The maximum atomic E-state index is 11.6. The van der Waals surface area contributed by atoms with Gasteiger partial charge in [-0.1, -0.05) is 0 Å². The van der Waals surface area contributed by atoms with Crippen LogP contribution in [-0.2, 0) is 14.2 Å². The van der Waals surface area contributed by atoms with E-state index < -0.39 is 11.9 Å². The molecule has 0 bridgehead atoms. The number of esters is 2. The van der Waals surface area contributed by atoms with Gasteiger partial charge >= 0.3 is 11.9 Å². The third kappa shape index (κ3) is 3.28. The lowest BCUT2D eigenvalue weighted by atomic mass is 10.2. The molecule has 0 unspecified atom stereocenters. The maximum absolute atomic E-state index is 11.6. The molecule has 1 aromatic rings. The van der Waals surface area contributed by atoms with Crippen LogP contribution in [-0.4, -0.2) is 39.4 Å². The predicted molar refractivity (Wildman–Crippen MR) is 62.6 cm³/mol. The van der Waals surface area contributed by atoms with Crippen molar-refractivity contribution in [2.45, 2.75) is 6.92 Å². The highest BCUT2D eigenvalue weighted by molar-refractivity contribution is 7.12. The molecule has 0 spiro atoms. The molecule has 6 heteroatoms. The first kappa shape index (κ1) is 13.7. The molecule has 1 rings (SSSR count). The van der Waals surface area contributed by atoms with Crippen LogP contribution in [0.1, 0.15) is 25.6 Å². The summed E-state index contributed by atoms with van der Waals surface area (Å²) in [6.07, 6.45) is 0. The number of methoxy groups -OCH3 is 2. The predicted octanol–water partition coefficient (Wildman–Crippen LogP) is 1.65. The van der Waals surface area contributed by atoms with E-state index in [0.717, 1.165) is 0 Å². The molecule has 0 aliphatic rings. The molecular weight excluding hydrogens is 244 g/mol. The van der Waals surface area contributed by atoms with Crippen molar-refractivity contribution in [3.8, 4) is 0 Å². The lowest BCUT2D eigenvalue weighted by Crippen LogP contribution is -2.10. The van der Waals surface area contributed by atoms with Crippen LogP contribution in [0.4, 0.5) is 0 Å². The van der Waals surface area contributed by atoms with E-state index in [1.54, 1.807) is 12.3 Å². The molecule has 17 heavy (non-hydrogen) atoms. The third-order valence-corrected chi connectivity index (χ3v) is 3.21. The molecule has 5 nitrogen and oxygen atoms in total. The van der Waals surface area contributed by atoms with Crippen LogP contribution in [0.2, 0.25) is 0 Å². The minimum Gasteiger partial charge on any atom is -0.465 e. The SMILES string of the molecule is COCCOC(=O)c1scc(C(=O)OC)c1C. The summed E-state index contributed by atoms with van der Waals surface area (Å²) < 4.78 is 14.3. The average Bonchev–Trinajstić information content (AvgIpc) is 2.70. The fourth-order valence-corrected chi connectivity index (χ4v) is 2.16. The summed E-state index contributed by atoms with van der Waals surface area (Å²) in [6.45, 7) is 2.23. The first-order chi connectivity index (χ1) is 8.11. The lowest BCUT2D eigenvalue weighted by Gasteiger charge is -2.03. The van der Waals surface area contributed by atoms with Crippen LogP contribution < -0.4 is 0 Å². The van der Waals surface area contributed by atoms with Gasteiger partial charge in [-0.15, -0.1) is 11.3 Å². The number of ether oxygens (including phenoxy) is 3. The Hall–Kier alpha value is -1.40. The Balaban J connectivity index is 2.75. The second-order valence-corrected chi connectivity index (χ2v) is 4.10. The number of hydrogen-bond acceptors (Lipinski definition) is 6. The van der Waals surface area contributed by atoms with Crippen LogP contribution in [0.15, 0.2) is 5.38 Å². The van der Waals surface area contributed by atoms with Crippen molar-refractivity contribution < 1.29 is 23.8 Å². The van der Waals surface area contributed by atoms with Gasteiger partial charge in [-0.3, -0.25) is 0 Å². The van der Waals surface area contributed by atoms with Gasteiger partial charge < -0.3 is 14.2 Å². The molecule has 0 atom stereocenters. The fraction of sp³-hybridized carbons (Fsp3) is 0.455. The Labute approximate surface area is 103 Å². The standard InChI is InChI=1S/C11H14O5S/c1-7-8(10(12)15-3)6-17-9(7)11(13)16-5-4-14-2/h6H,4-5H2,1-3H3. The normalized spacial score (nSPS) is 10.1. The van der Waals surface area contributed by atoms with Gasteiger partial charge in [-0.2, -0.15) is 0 Å². The summed E-state index contributed by atoms with van der Waals surface area (Å²) in [4.78, 5) is 23.4. The molecule has 0 aliphatic carbocycles. The van der Waals surface area contributed by atoms with Crippen molar-refractivity contribution in [2.75, 3.05) is 27.4 Å². The first-order valence-electron chi connectivity index (χ1n) is 4.94.